The molecule has 0 aliphatic carbocycles. The van der Waals surface area contributed by atoms with Gasteiger partial charge in [0, 0.05) is 31.7 Å². The topological polar surface area (TPSA) is 71.3 Å². The molecule has 0 spiro atoms. The fourth-order valence-electron chi connectivity index (χ4n) is 2.05. The summed E-state index contributed by atoms with van der Waals surface area (Å²) >= 11 is 0. The van der Waals surface area contributed by atoms with Gasteiger partial charge >= 0.3 is 0 Å². The summed E-state index contributed by atoms with van der Waals surface area (Å²) in [7, 11) is 0. The predicted octanol–water partition coefficient (Wildman–Crippen LogP) is 1.10. The van der Waals surface area contributed by atoms with Crippen molar-refractivity contribution in [3.63, 3.8) is 0 Å². The maximum Gasteiger partial charge on any atom is 0.290 e. The second kappa shape index (κ2) is 4.67. The number of nitro groups is 1. The highest BCUT2D eigenvalue weighted by molar-refractivity contribution is 5.47. The second-order valence-electron chi connectivity index (χ2n) is 4.33. The van der Waals surface area contributed by atoms with Crippen LogP contribution in [0.15, 0.2) is 12.1 Å². The Balaban J connectivity index is 2.22. The minimum atomic E-state index is -0.396. The molecule has 1 atom stereocenters. The van der Waals surface area contributed by atoms with Gasteiger partial charge in [-0.3, -0.25) is 10.1 Å². The summed E-state index contributed by atoms with van der Waals surface area (Å²) in [6, 6.07) is 3.68. The molecule has 2 heterocycles. The molecule has 0 saturated carbocycles. The number of hydrogen-bond acceptors (Lipinski definition) is 5. The van der Waals surface area contributed by atoms with Crippen LogP contribution in [-0.2, 0) is 0 Å². The molecule has 17 heavy (non-hydrogen) atoms. The van der Waals surface area contributed by atoms with Gasteiger partial charge in [-0.05, 0) is 19.9 Å². The van der Waals surface area contributed by atoms with Crippen LogP contribution in [0.4, 0.5) is 11.5 Å². The smallest absolute Gasteiger partial charge is 0.290 e. The first-order chi connectivity index (χ1) is 8.08. The fourth-order valence-corrected chi connectivity index (χ4v) is 2.05. The lowest BCUT2D eigenvalue weighted by molar-refractivity contribution is -0.385. The Bertz CT molecular complexity index is 435. The van der Waals surface area contributed by atoms with E-state index >= 15 is 0 Å². The molecule has 1 aliphatic heterocycles. The highest BCUT2D eigenvalue weighted by Gasteiger charge is 2.19. The Morgan fingerprint density at radius 2 is 2.35 bits per heavy atom. The number of piperazine rings is 1. The molecular weight excluding hydrogens is 220 g/mol. The number of aryl methyl sites for hydroxylation is 1. The summed E-state index contributed by atoms with van der Waals surface area (Å²) in [6.45, 7) is 6.47. The molecule has 0 amide bonds. The standard InChI is InChI=1S/C11H16N4O2/c1-8-7-14(6-5-12-8)11-4-3-10(15(16)17)9(2)13-11/h3-4,8,12H,5-7H2,1-2H3/t8-/m1/s1. The zero-order valence-corrected chi connectivity index (χ0v) is 10.0. The van der Waals surface area contributed by atoms with Crippen LogP contribution in [0.1, 0.15) is 12.6 Å². The molecule has 0 radical (unpaired) electrons. The van der Waals surface area contributed by atoms with Gasteiger partial charge in [0.05, 0.1) is 4.92 Å². The van der Waals surface area contributed by atoms with E-state index in [1.54, 1.807) is 13.0 Å². The van der Waals surface area contributed by atoms with Gasteiger partial charge in [-0.15, -0.1) is 0 Å². The third kappa shape index (κ3) is 2.52. The quantitative estimate of drug-likeness (QED) is 0.615. The summed E-state index contributed by atoms with van der Waals surface area (Å²) in [5.74, 6) is 0.821. The maximum atomic E-state index is 10.7. The number of anilines is 1. The number of nitrogens with one attached hydrogen (secondary N) is 1. The van der Waals surface area contributed by atoms with E-state index in [-0.39, 0.29) is 5.69 Å². The minimum Gasteiger partial charge on any atom is -0.354 e. The first-order valence-corrected chi connectivity index (χ1v) is 5.68. The largest absolute Gasteiger partial charge is 0.354 e. The van der Waals surface area contributed by atoms with Crippen molar-refractivity contribution in [1.29, 1.82) is 0 Å². The van der Waals surface area contributed by atoms with E-state index in [1.807, 2.05) is 0 Å². The summed E-state index contributed by atoms with van der Waals surface area (Å²) < 4.78 is 0. The molecular formula is C11H16N4O2. The van der Waals surface area contributed by atoms with Crippen molar-refractivity contribution in [3.8, 4) is 0 Å². The minimum absolute atomic E-state index is 0.0805. The normalized spacial score (nSPS) is 20.4. The van der Waals surface area contributed by atoms with E-state index in [1.165, 1.54) is 6.07 Å². The van der Waals surface area contributed by atoms with Crippen molar-refractivity contribution in [2.24, 2.45) is 0 Å². The molecule has 1 aliphatic rings. The van der Waals surface area contributed by atoms with Crippen molar-refractivity contribution < 1.29 is 4.92 Å². The third-order valence-corrected chi connectivity index (χ3v) is 2.93. The second-order valence-corrected chi connectivity index (χ2v) is 4.33. The first-order valence-electron chi connectivity index (χ1n) is 5.68. The molecule has 0 aromatic carbocycles. The van der Waals surface area contributed by atoms with E-state index in [0.717, 1.165) is 25.5 Å². The average Bonchev–Trinajstić information content (AvgIpc) is 2.28. The summed E-state index contributed by atoms with van der Waals surface area (Å²) in [5, 5.41) is 14.1. The van der Waals surface area contributed by atoms with Crippen LogP contribution in [-0.4, -0.2) is 35.6 Å². The van der Waals surface area contributed by atoms with E-state index in [0.29, 0.717) is 11.7 Å². The Morgan fingerprint density at radius 3 is 2.94 bits per heavy atom. The summed E-state index contributed by atoms with van der Waals surface area (Å²) in [5.41, 5.74) is 0.551. The van der Waals surface area contributed by atoms with Crippen molar-refractivity contribution in [3.05, 3.63) is 27.9 Å². The van der Waals surface area contributed by atoms with E-state index in [2.05, 4.69) is 22.1 Å². The highest BCUT2D eigenvalue weighted by atomic mass is 16.6. The number of aromatic nitrogens is 1. The molecule has 92 valence electrons. The first kappa shape index (κ1) is 11.8. The Hall–Kier alpha value is -1.69. The molecule has 6 heteroatoms. The number of rotatable bonds is 2. The predicted molar refractivity (Wildman–Crippen MR) is 65.3 cm³/mol. The number of hydrogen-bond donors (Lipinski definition) is 1. The van der Waals surface area contributed by atoms with Crippen LogP contribution < -0.4 is 10.2 Å². The van der Waals surface area contributed by atoms with Gasteiger partial charge in [0.15, 0.2) is 0 Å². The molecule has 1 fully saturated rings. The lowest BCUT2D eigenvalue weighted by atomic mass is 10.2. The van der Waals surface area contributed by atoms with Crippen LogP contribution in [0.25, 0.3) is 0 Å². The molecule has 0 bridgehead atoms. The molecule has 1 aromatic rings. The van der Waals surface area contributed by atoms with Gasteiger partial charge in [-0.25, -0.2) is 4.98 Å². The van der Waals surface area contributed by atoms with Gasteiger partial charge in [0.25, 0.3) is 5.69 Å². The fraction of sp³-hybridized carbons (Fsp3) is 0.545. The molecule has 0 unspecified atom stereocenters. The van der Waals surface area contributed by atoms with Crippen LogP contribution in [0.2, 0.25) is 0 Å². The van der Waals surface area contributed by atoms with Crippen LogP contribution in [0.5, 0.6) is 0 Å². The number of pyridine rings is 1. The van der Waals surface area contributed by atoms with Crippen molar-refractivity contribution in [2.75, 3.05) is 24.5 Å². The zero-order chi connectivity index (χ0) is 12.4. The van der Waals surface area contributed by atoms with Crippen LogP contribution in [0, 0.1) is 17.0 Å². The summed E-state index contributed by atoms with van der Waals surface area (Å²) in [4.78, 5) is 16.8. The van der Waals surface area contributed by atoms with E-state index in [4.69, 9.17) is 0 Å². The molecule has 1 aromatic heterocycles. The SMILES string of the molecule is Cc1nc(N2CCN[C@H](C)C2)ccc1[N+](=O)[O-]. The van der Waals surface area contributed by atoms with E-state index in [9.17, 15) is 10.1 Å². The van der Waals surface area contributed by atoms with Crippen LogP contribution in [0.3, 0.4) is 0 Å². The summed E-state index contributed by atoms with van der Waals surface area (Å²) in [6.07, 6.45) is 0. The van der Waals surface area contributed by atoms with Gasteiger partial charge in [-0.1, -0.05) is 0 Å². The maximum absolute atomic E-state index is 10.7. The monoisotopic (exact) mass is 236 g/mol. The average molecular weight is 236 g/mol. The highest BCUT2D eigenvalue weighted by Crippen LogP contribution is 2.21. The Kier molecular flexibility index (Phi) is 3.23. The van der Waals surface area contributed by atoms with Crippen LogP contribution >= 0.6 is 0 Å². The Labute approximate surface area is 99.8 Å². The number of nitrogens with zero attached hydrogens (tertiary/aromatic N) is 3. The molecule has 1 N–H and O–H groups in total. The van der Waals surface area contributed by atoms with E-state index < -0.39 is 4.92 Å². The molecule has 1 saturated heterocycles. The molecule has 2 rings (SSSR count). The van der Waals surface area contributed by atoms with Gasteiger partial charge < -0.3 is 10.2 Å². The lowest BCUT2D eigenvalue weighted by Gasteiger charge is -2.32. The molecule has 6 nitrogen and oxygen atoms in total. The van der Waals surface area contributed by atoms with Gasteiger partial charge in [0.1, 0.15) is 11.5 Å². The van der Waals surface area contributed by atoms with Crippen molar-refractivity contribution >= 4 is 11.5 Å². The van der Waals surface area contributed by atoms with Crippen molar-refractivity contribution in [2.45, 2.75) is 19.9 Å². The lowest BCUT2D eigenvalue weighted by Crippen LogP contribution is -2.49. The van der Waals surface area contributed by atoms with Crippen molar-refractivity contribution in [1.82, 2.24) is 10.3 Å². The third-order valence-electron chi connectivity index (χ3n) is 2.93. The van der Waals surface area contributed by atoms with Gasteiger partial charge in [0.2, 0.25) is 0 Å². The Morgan fingerprint density at radius 1 is 1.59 bits per heavy atom. The van der Waals surface area contributed by atoms with Gasteiger partial charge in [-0.2, -0.15) is 0 Å². The zero-order valence-electron chi connectivity index (χ0n) is 10.0.